The summed E-state index contributed by atoms with van der Waals surface area (Å²) in [6, 6.07) is 0.893. The molecule has 1 radical (unpaired) electrons. The molecule has 0 saturated carbocycles. The second-order valence-corrected chi connectivity index (χ2v) is 1.69. The Balaban J connectivity index is 0.00000121. The molecule has 0 fully saturated rings. The Bertz CT molecular complexity index is 394. The van der Waals surface area contributed by atoms with Gasteiger partial charge < -0.3 is 0 Å². The van der Waals surface area contributed by atoms with Crippen molar-refractivity contribution >= 4 is 0 Å². The third-order valence-electron chi connectivity index (χ3n) is 0.981. The van der Waals surface area contributed by atoms with Gasteiger partial charge in [-0.25, -0.2) is 14.9 Å². The van der Waals surface area contributed by atoms with Crippen LogP contribution < -0.4 is 11.2 Å². The summed E-state index contributed by atoms with van der Waals surface area (Å²) in [5.41, 5.74) is -1.71. The molecule has 1 rings (SSSR count). The molecule has 0 unspecified atom stereocenters. The van der Waals surface area contributed by atoms with Crippen molar-refractivity contribution in [2.24, 2.45) is 0 Å². The van der Waals surface area contributed by atoms with Gasteiger partial charge >= 0.3 is 5.69 Å². The van der Waals surface area contributed by atoms with Gasteiger partial charge in [0.2, 0.25) is 0 Å². The molecule has 0 aliphatic heterocycles. The van der Waals surface area contributed by atoms with Crippen LogP contribution in [0.4, 0.5) is 0 Å². The van der Waals surface area contributed by atoms with Gasteiger partial charge in [-0.05, 0) is 4.68 Å². The van der Waals surface area contributed by atoms with Gasteiger partial charge in [-0.1, -0.05) is 0 Å². The zero-order chi connectivity index (χ0) is 8.43. The molecule has 1 heterocycles. The molecule has 0 atom stereocenters. The zero-order valence-corrected chi connectivity index (χ0v) is 6.56. The summed E-state index contributed by atoms with van der Waals surface area (Å²) in [5, 5.41) is 9.05. The Hall–Kier alpha value is -1.41. The van der Waals surface area contributed by atoms with Crippen LogP contribution in [-0.4, -0.2) is 14.7 Å². The molecule has 0 amide bonds. The summed E-state index contributed by atoms with van der Waals surface area (Å²) in [7, 11) is 0. The number of aromatic nitrogens is 2. The summed E-state index contributed by atoms with van der Waals surface area (Å²) in [6.07, 6.45) is 0.793. The first-order chi connectivity index (χ1) is 5.11. The van der Waals surface area contributed by atoms with E-state index in [1.165, 1.54) is 0 Å². The molecule has 0 saturated heterocycles. The van der Waals surface area contributed by atoms with Crippen LogP contribution in [0.1, 0.15) is 0 Å². The number of rotatable bonds is 1. The molecule has 0 aliphatic rings. The zero-order valence-electron chi connectivity index (χ0n) is 5.52. The van der Waals surface area contributed by atoms with Gasteiger partial charge in [-0.2, -0.15) is 0 Å². The topological polar surface area (TPSA) is 98.0 Å². The van der Waals surface area contributed by atoms with E-state index in [0.717, 1.165) is 12.3 Å². The van der Waals surface area contributed by atoms with Crippen LogP contribution in [-0.2, 0) is 16.8 Å². The van der Waals surface area contributed by atoms with Crippen LogP contribution in [0.5, 0.6) is 0 Å². The van der Waals surface area contributed by atoms with Crippen LogP contribution in [0.25, 0.3) is 0 Å². The predicted octanol–water partition coefficient (Wildman–Crippen LogP) is -1.43. The maximum absolute atomic E-state index is 10.5. The normalized spacial score (nSPS) is 8.67. The van der Waals surface area contributed by atoms with Crippen LogP contribution in [0.3, 0.4) is 0 Å². The molecule has 1 aromatic rings. The maximum atomic E-state index is 10.5. The predicted molar refractivity (Wildman–Crippen MR) is 33.7 cm³/mol. The van der Waals surface area contributed by atoms with Crippen molar-refractivity contribution in [1.29, 1.82) is 0 Å². The molecule has 8 heteroatoms. The summed E-state index contributed by atoms with van der Waals surface area (Å²) in [5.74, 6) is 0. The van der Waals surface area contributed by atoms with Crippen molar-refractivity contribution in [3.8, 4) is 0 Å². The van der Waals surface area contributed by atoms with E-state index in [9.17, 15) is 19.7 Å². The smallest absolute Gasteiger partial charge is 0.270 e. The van der Waals surface area contributed by atoms with E-state index in [1.807, 2.05) is 0 Å². The third-order valence-corrected chi connectivity index (χ3v) is 0.981. The third kappa shape index (κ3) is 2.03. The second-order valence-electron chi connectivity index (χ2n) is 1.69. The summed E-state index contributed by atoms with van der Waals surface area (Å²) in [4.78, 5) is 32.6. The number of hydrogen-bond acceptors (Lipinski definition) is 4. The molecule has 1 N–H and O–H groups in total. The Kier molecular flexibility index (Phi) is 3.38. The molecule has 12 heavy (non-hydrogen) atoms. The Morgan fingerprint density at radius 1 is 1.50 bits per heavy atom. The van der Waals surface area contributed by atoms with Crippen LogP contribution in [0.2, 0.25) is 0 Å². The molecule has 0 spiro atoms. The average molecular weight is 216 g/mol. The van der Waals surface area contributed by atoms with Gasteiger partial charge in [-0.3, -0.25) is 9.78 Å². The van der Waals surface area contributed by atoms with Crippen molar-refractivity contribution in [3.63, 3.8) is 0 Å². The molecule has 7 nitrogen and oxygen atoms in total. The Morgan fingerprint density at radius 3 is 2.50 bits per heavy atom. The molecule has 67 valence electrons. The van der Waals surface area contributed by atoms with E-state index in [1.54, 1.807) is 4.98 Å². The minimum Gasteiger partial charge on any atom is -0.270 e. The van der Waals surface area contributed by atoms with Crippen molar-refractivity contribution in [2.75, 3.05) is 0 Å². The van der Waals surface area contributed by atoms with E-state index >= 15 is 0 Å². The van der Waals surface area contributed by atoms with Crippen LogP contribution >= 0.6 is 0 Å². The summed E-state index contributed by atoms with van der Waals surface area (Å²) >= 11 is 0. The fraction of sp³-hybridized carbons (Fsp3) is 0. The second kappa shape index (κ2) is 3.83. The molecular weight excluding hydrogens is 213 g/mol. The molecule has 0 aliphatic carbocycles. The first-order valence-corrected chi connectivity index (χ1v) is 2.58. The average Bonchev–Trinajstić information content (AvgIpc) is 1.85. The molecule has 0 bridgehead atoms. The van der Waals surface area contributed by atoms with Crippen molar-refractivity contribution < 1.29 is 21.8 Å². The number of nitro groups is 1. The van der Waals surface area contributed by atoms with Crippen molar-refractivity contribution in [2.45, 2.75) is 0 Å². The molecule has 1 aromatic heterocycles. The molecule has 0 aromatic carbocycles. The van der Waals surface area contributed by atoms with Crippen LogP contribution in [0, 0.1) is 10.1 Å². The summed E-state index contributed by atoms with van der Waals surface area (Å²) < 4.78 is 0.182. The number of hydrogen-bond donors (Lipinski definition) is 1. The minimum absolute atomic E-state index is 0. The largest absolute Gasteiger partial charge is 0.387 e. The maximum Gasteiger partial charge on any atom is 0.387 e. The Labute approximate surface area is 75.3 Å². The van der Waals surface area contributed by atoms with E-state index in [-0.39, 0.29) is 21.5 Å². The van der Waals surface area contributed by atoms with Crippen molar-refractivity contribution in [1.82, 2.24) is 9.66 Å². The van der Waals surface area contributed by atoms with E-state index in [0.29, 0.717) is 0 Å². The SMILES string of the molecule is O=c1ccn([N+](=O)[O-])c(=O)[nH]1.[Co]. The minimum atomic E-state index is -1.05. The van der Waals surface area contributed by atoms with Gasteiger partial charge in [0.1, 0.15) is 0 Å². The summed E-state index contributed by atoms with van der Waals surface area (Å²) in [6.45, 7) is 0. The van der Waals surface area contributed by atoms with Crippen LogP contribution in [0.15, 0.2) is 21.9 Å². The van der Waals surface area contributed by atoms with Gasteiger partial charge in [0.05, 0.1) is 6.20 Å². The van der Waals surface area contributed by atoms with E-state index in [2.05, 4.69) is 0 Å². The van der Waals surface area contributed by atoms with E-state index in [4.69, 9.17) is 0 Å². The van der Waals surface area contributed by atoms with Gasteiger partial charge in [0, 0.05) is 22.8 Å². The number of H-pyrrole nitrogens is 1. The number of nitrogens with one attached hydrogen (secondary N) is 1. The first-order valence-electron chi connectivity index (χ1n) is 2.58. The van der Waals surface area contributed by atoms with Crippen molar-refractivity contribution in [3.05, 3.63) is 43.2 Å². The fourth-order valence-electron chi connectivity index (χ4n) is 0.539. The van der Waals surface area contributed by atoms with Gasteiger partial charge in [0.15, 0.2) is 5.03 Å². The monoisotopic (exact) mass is 216 g/mol. The number of aromatic amines is 1. The molecular formula is C4H3CoN3O4. The fourth-order valence-corrected chi connectivity index (χ4v) is 0.539. The van der Waals surface area contributed by atoms with Gasteiger partial charge in [0.25, 0.3) is 5.56 Å². The van der Waals surface area contributed by atoms with Gasteiger partial charge in [-0.15, -0.1) is 0 Å². The Morgan fingerprint density at radius 2 is 2.08 bits per heavy atom. The number of nitrogens with zero attached hydrogens (tertiary/aromatic N) is 2. The standard InChI is InChI=1S/C4H3N3O4.Co/c8-3-1-2-6(7(10)11)4(9)5-3;/h1-2H,(H,5,8,9);. The first kappa shape index (κ1) is 10.6. The quantitative estimate of drug-likeness (QED) is 0.459. The van der Waals surface area contributed by atoms with E-state index < -0.39 is 16.3 Å².